The molecule has 0 saturated heterocycles. The van der Waals surface area contributed by atoms with Gasteiger partial charge in [0, 0.05) is 18.3 Å². The van der Waals surface area contributed by atoms with Gasteiger partial charge in [0.1, 0.15) is 5.82 Å². The molecule has 0 amide bonds. The Hall–Kier alpha value is -1.64. The highest BCUT2D eigenvalue weighted by Gasteiger charge is 2.22. The highest BCUT2D eigenvalue weighted by molar-refractivity contribution is 6.13. The number of nitrogens with zero attached hydrogens (tertiary/aromatic N) is 1. The first-order valence-corrected chi connectivity index (χ1v) is 8.18. The molecular formula is C19H29FN2. The van der Waals surface area contributed by atoms with Crippen LogP contribution in [0.3, 0.4) is 0 Å². The average Bonchev–Trinajstić information content (AvgIpc) is 2.51. The zero-order valence-electron chi connectivity index (χ0n) is 14.5. The van der Waals surface area contributed by atoms with E-state index in [4.69, 9.17) is 5.73 Å². The van der Waals surface area contributed by atoms with Crippen LogP contribution >= 0.6 is 0 Å². The third-order valence-corrected chi connectivity index (χ3v) is 4.07. The van der Waals surface area contributed by atoms with Gasteiger partial charge in [-0.1, -0.05) is 34.1 Å². The van der Waals surface area contributed by atoms with E-state index in [1.807, 2.05) is 0 Å². The summed E-state index contributed by atoms with van der Waals surface area (Å²) in [6.45, 7) is 8.58. The monoisotopic (exact) mass is 304 g/mol. The summed E-state index contributed by atoms with van der Waals surface area (Å²) in [7, 11) is 1.78. The molecule has 0 aliphatic heterocycles. The van der Waals surface area contributed by atoms with Crippen molar-refractivity contribution in [3.63, 3.8) is 0 Å². The molecule has 122 valence electrons. The summed E-state index contributed by atoms with van der Waals surface area (Å²) in [5.74, 6) is 0.413. The lowest BCUT2D eigenvalue weighted by Gasteiger charge is -2.24. The van der Waals surface area contributed by atoms with E-state index in [9.17, 15) is 4.39 Å². The molecule has 1 unspecified atom stereocenters. The molecule has 0 saturated carbocycles. The summed E-state index contributed by atoms with van der Waals surface area (Å²) >= 11 is 0. The van der Waals surface area contributed by atoms with Crippen LogP contribution in [-0.4, -0.2) is 12.8 Å². The predicted octanol–water partition coefficient (Wildman–Crippen LogP) is 4.94. The summed E-state index contributed by atoms with van der Waals surface area (Å²) in [5.41, 5.74) is 10.3. The van der Waals surface area contributed by atoms with E-state index in [1.165, 1.54) is 12.1 Å². The minimum atomic E-state index is -0.234. The Morgan fingerprint density at radius 3 is 2.18 bits per heavy atom. The van der Waals surface area contributed by atoms with Gasteiger partial charge in [-0.05, 0) is 54.5 Å². The molecule has 3 heteroatoms. The molecule has 0 spiro atoms. The van der Waals surface area contributed by atoms with Crippen LogP contribution in [0.15, 0.2) is 40.5 Å². The summed E-state index contributed by atoms with van der Waals surface area (Å²) in [5, 5.41) is 0. The second-order valence-corrected chi connectivity index (χ2v) is 6.00. The fourth-order valence-corrected chi connectivity index (χ4v) is 2.79. The predicted molar refractivity (Wildman–Crippen MR) is 93.6 cm³/mol. The molecule has 0 heterocycles. The molecule has 0 bridgehead atoms. The van der Waals surface area contributed by atoms with E-state index in [1.54, 1.807) is 19.2 Å². The van der Waals surface area contributed by atoms with Crippen molar-refractivity contribution in [3.05, 3.63) is 46.9 Å². The van der Waals surface area contributed by atoms with Gasteiger partial charge in [-0.2, -0.15) is 0 Å². The van der Waals surface area contributed by atoms with Crippen molar-refractivity contribution in [2.75, 3.05) is 7.05 Å². The molecule has 1 atom stereocenters. The molecule has 0 fully saturated rings. The van der Waals surface area contributed by atoms with E-state index in [0.29, 0.717) is 5.92 Å². The normalized spacial score (nSPS) is 15.0. The lowest BCUT2D eigenvalue weighted by atomic mass is 9.83. The highest BCUT2D eigenvalue weighted by atomic mass is 19.1. The number of benzene rings is 1. The molecule has 22 heavy (non-hydrogen) atoms. The summed E-state index contributed by atoms with van der Waals surface area (Å²) in [6, 6.07) is 6.52. The first kappa shape index (κ1) is 18.4. The smallest absolute Gasteiger partial charge is 0.123 e. The Bertz CT molecular complexity index is 527. The molecule has 2 N–H and O–H groups in total. The van der Waals surface area contributed by atoms with Crippen LogP contribution in [0.2, 0.25) is 0 Å². The molecule has 0 aliphatic rings. The van der Waals surface area contributed by atoms with E-state index in [2.05, 4.69) is 32.7 Å². The SMILES string of the molecule is CCCC(CC)/C(C(=NC)c1ccc(F)cc1)=C(/N)C(C)C. The molecule has 1 aromatic rings. The Balaban J connectivity index is 3.41. The molecule has 1 aromatic carbocycles. The van der Waals surface area contributed by atoms with Crippen LogP contribution in [-0.2, 0) is 0 Å². The number of halogens is 1. The topological polar surface area (TPSA) is 38.4 Å². The molecule has 0 aliphatic carbocycles. The maximum absolute atomic E-state index is 13.2. The molecule has 0 radical (unpaired) electrons. The van der Waals surface area contributed by atoms with Crippen molar-refractivity contribution in [2.24, 2.45) is 22.6 Å². The second kappa shape index (κ2) is 8.72. The van der Waals surface area contributed by atoms with E-state index in [0.717, 1.165) is 41.8 Å². The van der Waals surface area contributed by atoms with Crippen molar-refractivity contribution >= 4 is 5.71 Å². The number of hydrogen-bond acceptors (Lipinski definition) is 2. The lowest BCUT2D eigenvalue weighted by Crippen LogP contribution is -2.22. The van der Waals surface area contributed by atoms with Crippen LogP contribution in [0, 0.1) is 17.7 Å². The van der Waals surface area contributed by atoms with E-state index in [-0.39, 0.29) is 11.7 Å². The Labute approximate surface area is 134 Å². The fourth-order valence-electron chi connectivity index (χ4n) is 2.79. The van der Waals surface area contributed by atoms with Crippen LogP contribution in [0.1, 0.15) is 52.5 Å². The molecule has 2 nitrogen and oxygen atoms in total. The number of allylic oxidation sites excluding steroid dienone is 2. The Kier molecular flexibility index (Phi) is 7.30. The minimum Gasteiger partial charge on any atom is -0.402 e. The average molecular weight is 304 g/mol. The Morgan fingerprint density at radius 1 is 1.18 bits per heavy atom. The third kappa shape index (κ3) is 4.43. The summed E-state index contributed by atoms with van der Waals surface area (Å²) < 4.78 is 13.2. The summed E-state index contributed by atoms with van der Waals surface area (Å²) in [4.78, 5) is 4.50. The van der Waals surface area contributed by atoms with Gasteiger partial charge in [-0.15, -0.1) is 0 Å². The fraction of sp³-hybridized carbons (Fsp3) is 0.526. The van der Waals surface area contributed by atoms with Gasteiger partial charge in [0.2, 0.25) is 0 Å². The van der Waals surface area contributed by atoms with Crippen LogP contribution < -0.4 is 5.73 Å². The number of hydrogen-bond donors (Lipinski definition) is 1. The van der Waals surface area contributed by atoms with Crippen molar-refractivity contribution in [1.82, 2.24) is 0 Å². The largest absolute Gasteiger partial charge is 0.402 e. The first-order valence-electron chi connectivity index (χ1n) is 8.18. The zero-order valence-corrected chi connectivity index (χ0v) is 14.5. The third-order valence-electron chi connectivity index (χ3n) is 4.07. The molecule has 1 rings (SSSR count). The van der Waals surface area contributed by atoms with Crippen LogP contribution in [0.4, 0.5) is 4.39 Å². The van der Waals surface area contributed by atoms with Crippen LogP contribution in [0.25, 0.3) is 0 Å². The lowest BCUT2D eigenvalue weighted by molar-refractivity contribution is 0.536. The van der Waals surface area contributed by atoms with Gasteiger partial charge in [0.05, 0.1) is 5.71 Å². The minimum absolute atomic E-state index is 0.234. The van der Waals surface area contributed by atoms with Crippen LogP contribution in [0.5, 0.6) is 0 Å². The van der Waals surface area contributed by atoms with Crippen molar-refractivity contribution in [1.29, 1.82) is 0 Å². The van der Waals surface area contributed by atoms with E-state index >= 15 is 0 Å². The van der Waals surface area contributed by atoms with Gasteiger partial charge in [0.25, 0.3) is 0 Å². The maximum atomic E-state index is 13.2. The van der Waals surface area contributed by atoms with Crippen molar-refractivity contribution in [3.8, 4) is 0 Å². The quantitative estimate of drug-likeness (QED) is 0.712. The Morgan fingerprint density at radius 2 is 1.77 bits per heavy atom. The van der Waals surface area contributed by atoms with Gasteiger partial charge in [0.15, 0.2) is 0 Å². The zero-order chi connectivity index (χ0) is 16.7. The number of nitrogens with two attached hydrogens (primary N) is 1. The molecular weight excluding hydrogens is 275 g/mol. The standard InChI is InChI=1S/C19H29FN2/c1-6-8-14(7-2)17(18(21)13(3)4)19(22-5)15-9-11-16(20)12-10-15/h9-14H,6-8,21H2,1-5H3/b18-17-,22-19?. The summed E-state index contributed by atoms with van der Waals surface area (Å²) in [6.07, 6.45) is 3.21. The van der Waals surface area contributed by atoms with Gasteiger partial charge < -0.3 is 5.73 Å². The van der Waals surface area contributed by atoms with Crippen molar-refractivity contribution in [2.45, 2.75) is 47.0 Å². The second-order valence-electron chi connectivity index (χ2n) is 6.00. The number of rotatable bonds is 7. The maximum Gasteiger partial charge on any atom is 0.123 e. The highest BCUT2D eigenvalue weighted by Crippen LogP contribution is 2.29. The molecule has 0 aromatic heterocycles. The number of aliphatic imine (C=N–C) groups is 1. The van der Waals surface area contributed by atoms with Gasteiger partial charge >= 0.3 is 0 Å². The van der Waals surface area contributed by atoms with E-state index < -0.39 is 0 Å². The van der Waals surface area contributed by atoms with Gasteiger partial charge in [-0.3, -0.25) is 4.99 Å². The van der Waals surface area contributed by atoms with Gasteiger partial charge in [-0.25, -0.2) is 4.39 Å². The first-order chi connectivity index (χ1) is 10.5. The van der Waals surface area contributed by atoms with Crippen molar-refractivity contribution < 1.29 is 4.39 Å².